The van der Waals surface area contributed by atoms with Crippen molar-refractivity contribution in [1.29, 1.82) is 0 Å². The van der Waals surface area contributed by atoms with Crippen LogP contribution in [-0.2, 0) is 9.59 Å². The van der Waals surface area contributed by atoms with Crippen LogP contribution in [0.5, 0.6) is 11.5 Å². The maximum atomic E-state index is 12.4. The van der Waals surface area contributed by atoms with E-state index in [4.69, 9.17) is 9.47 Å². The lowest BCUT2D eigenvalue weighted by Crippen LogP contribution is -2.46. The summed E-state index contributed by atoms with van der Waals surface area (Å²) in [6, 6.07) is 1.73. The molecule has 0 aromatic heterocycles. The summed E-state index contributed by atoms with van der Waals surface area (Å²) in [6.07, 6.45) is 0. The van der Waals surface area contributed by atoms with Gasteiger partial charge in [0.05, 0.1) is 25.5 Å². The lowest BCUT2D eigenvalue weighted by Gasteiger charge is -2.22. The molecule has 0 saturated heterocycles. The number of aromatic carboxylic acids is 1. The predicted molar refractivity (Wildman–Crippen MR) is 92.2 cm³/mol. The zero-order valence-electron chi connectivity index (χ0n) is 15.2. The molecule has 0 aliphatic rings. The smallest absolute Gasteiger partial charge is 0.335 e. The number of carboxylic acids is 1. The normalized spacial score (nSPS) is 12.1. The SMILES string of the molecule is COc1cc(C(=O)O)cc(NC(=O)C(C)NC(=O)C(C)(C)C)c1OC. The maximum Gasteiger partial charge on any atom is 0.335 e. The number of nitrogens with one attached hydrogen (secondary N) is 2. The molecule has 1 rings (SSSR count). The number of carboxylic acid groups (broad SMARTS) is 1. The van der Waals surface area contributed by atoms with Gasteiger partial charge in [0, 0.05) is 5.41 Å². The quantitative estimate of drug-likeness (QED) is 0.720. The summed E-state index contributed by atoms with van der Waals surface area (Å²) in [5, 5.41) is 14.3. The van der Waals surface area contributed by atoms with Crippen molar-refractivity contribution in [3.05, 3.63) is 17.7 Å². The van der Waals surface area contributed by atoms with Crippen LogP contribution in [0.2, 0.25) is 0 Å². The molecule has 0 aliphatic carbocycles. The molecule has 8 heteroatoms. The van der Waals surface area contributed by atoms with Gasteiger partial charge < -0.3 is 25.2 Å². The molecule has 1 atom stereocenters. The average Bonchev–Trinajstić information content (AvgIpc) is 2.52. The Morgan fingerprint density at radius 3 is 2.16 bits per heavy atom. The first-order chi connectivity index (χ1) is 11.5. The highest BCUT2D eigenvalue weighted by Crippen LogP contribution is 2.36. The highest BCUT2D eigenvalue weighted by Gasteiger charge is 2.26. The van der Waals surface area contributed by atoms with Crippen molar-refractivity contribution in [3.63, 3.8) is 0 Å². The van der Waals surface area contributed by atoms with E-state index in [0.29, 0.717) is 0 Å². The first-order valence-electron chi connectivity index (χ1n) is 7.62. The summed E-state index contributed by atoms with van der Waals surface area (Å²) in [7, 11) is 2.74. The summed E-state index contributed by atoms with van der Waals surface area (Å²) >= 11 is 0. The van der Waals surface area contributed by atoms with E-state index in [-0.39, 0.29) is 28.7 Å². The lowest BCUT2D eigenvalue weighted by molar-refractivity contribution is -0.131. The van der Waals surface area contributed by atoms with Gasteiger partial charge in [0.15, 0.2) is 11.5 Å². The Morgan fingerprint density at radius 2 is 1.72 bits per heavy atom. The molecule has 25 heavy (non-hydrogen) atoms. The highest BCUT2D eigenvalue weighted by atomic mass is 16.5. The minimum atomic E-state index is -1.18. The van der Waals surface area contributed by atoms with Gasteiger partial charge in [-0.3, -0.25) is 9.59 Å². The van der Waals surface area contributed by atoms with Gasteiger partial charge in [-0.25, -0.2) is 4.79 Å². The molecule has 0 aliphatic heterocycles. The van der Waals surface area contributed by atoms with Crippen LogP contribution < -0.4 is 20.1 Å². The van der Waals surface area contributed by atoms with Crippen molar-refractivity contribution in [2.24, 2.45) is 5.41 Å². The van der Waals surface area contributed by atoms with E-state index in [2.05, 4.69) is 10.6 Å². The van der Waals surface area contributed by atoms with Gasteiger partial charge in [0.25, 0.3) is 0 Å². The Kier molecular flexibility index (Phi) is 6.38. The molecule has 0 spiro atoms. The van der Waals surface area contributed by atoms with Crippen molar-refractivity contribution in [1.82, 2.24) is 5.32 Å². The fourth-order valence-electron chi connectivity index (χ4n) is 1.90. The van der Waals surface area contributed by atoms with Crippen LogP contribution in [0.3, 0.4) is 0 Å². The summed E-state index contributed by atoms with van der Waals surface area (Å²) in [5.41, 5.74) is -0.570. The van der Waals surface area contributed by atoms with Crippen LogP contribution in [-0.4, -0.2) is 43.2 Å². The van der Waals surface area contributed by atoms with Crippen LogP contribution in [0.1, 0.15) is 38.1 Å². The van der Waals surface area contributed by atoms with Gasteiger partial charge in [0.2, 0.25) is 11.8 Å². The summed E-state index contributed by atoms with van der Waals surface area (Å²) in [5.74, 6) is -1.61. The minimum absolute atomic E-state index is 0.0701. The van der Waals surface area contributed by atoms with E-state index < -0.39 is 23.3 Å². The Labute approximate surface area is 146 Å². The van der Waals surface area contributed by atoms with Gasteiger partial charge >= 0.3 is 5.97 Å². The molecule has 1 aromatic rings. The van der Waals surface area contributed by atoms with Gasteiger partial charge in [-0.15, -0.1) is 0 Å². The van der Waals surface area contributed by atoms with Crippen molar-refractivity contribution in [3.8, 4) is 11.5 Å². The average molecular weight is 352 g/mol. The maximum absolute atomic E-state index is 12.4. The molecule has 1 unspecified atom stereocenters. The largest absolute Gasteiger partial charge is 0.493 e. The molecule has 2 amide bonds. The fourth-order valence-corrected chi connectivity index (χ4v) is 1.90. The van der Waals surface area contributed by atoms with Gasteiger partial charge in [-0.2, -0.15) is 0 Å². The van der Waals surface area contributed by atoms with E-state index in [1.165, 1.54) is 33.3 Å². The topological polar surface area (TPSA) is 114 Å². The summed E-state index contributed by atoms with van der Waals surface area (Å²) in [6.45, 7) is 6.73. The standard InChI is InChI=1S/C17H24N2O6/c1-9(18-16(23)17(2,3)4)14(20)19-11-7-10(15(21)22)8-12(24-5)13(11)25-6/h7-9H,1-6H3,(H,18,23)(H,19,20)(H,21,22). The molecular formula is C17H24N2O6. The first kappa shape index (κ1) is 20.3. The number of hydrogen-bond donors (Lipinski definition) is 3. The monoisotopic (exact) mass is 352 g/mol. The molecule has 0 heterocycles. The number of hydrogen-bond acceptors (Lipinski definition) is 5. The third-order valence-electron chi connectivity index (χ3n) is 3.41. The molecule has 0 saturated carbocycles. The van der Waals surface area contributed by atoms with Crippen molar-refractivity contribution in [2.75, 3.05) is 19.5 Å². The second-order valence-corrected chi connectivity index (χ2v) is 6.50. The molecule has 0 fully saturated rings. The Bertz CT molecular complexity index is 678. The van der Waals surface area contributed by atoms with Crippen LogP contribution in [0, 0.1) is 5.41 Å². The third-order valence-corrected chi connectivity index (χ3v) is 3.41. The zero-order chi connectivity index (χ0) is 19.4. The van der Waals surface area contributed by atoms with Crippen LogP contribution in [0.4, 0.5) is 5.69 Å². The highest BCUT2D eigenvalue weighted by molar-refractivity contribution is 6.00. The number of amides is 2. The number of carbonyl (C=O) groups excluding carboxylic acids is 2. The second-order valence-electron chi connectivity index (χ2n) is 6.50. The van der Waals surface area contributed by atoms with Gasteiger partial charge in [-0.1, -0.05) is 20.8 Å². The second kappa shape index (κ2) is 7.87. The fraction of sp³-hybridized carbons (Fsp3) is 0.471. The van der Waals surface area contributed by atoms with E-state index in [1.54, 1.807) is 20.8 Å². The molecule has 8 nitrogen and oxygen atoms in total. The Balaban J connectivity index is 3.08. The van der Waals surface area contributed by atoms with Gasteiger partial charge in [-0.05, 0) is 19.1 Å². The van der Waals surface area contributed by atoms with E-state index in [0.717, 1.165) is 0 Å². The molecule has 138 valence electrons. The number of ether oxygens (including phenoxy) is 2. The third kappa shape index (κ3) is 5.10. The number of rotatable bonds is 6. The van der Waals surface area contributed by atoms with Crippen molar-refractivity contribution >= 4 is 23.5 Å². The number of carbonyl (C=O) groups is 3. The van der Waals surface area contributed by atoms with Crippen LogP contribution in [0.25, 0.3) is 0 Å². The van der Waals surface area contributed by atoms with Crippen LogP contribution in [0.15, 0.2) is 12.1 Å². The summed E-state index contributed by atoms with van der Waals surface area (Å²) < 4.78 is 10.3. The summed E-state index contributed by atoms with van der Waals surface area (Å²) in [4.78, 5) is 35.6. The molecule has 3 N–H and O–H groups in total. The first-order valence-corrected chi connectivity index (χ1v) is 7.62. The van der Waals surface area contributed by atoms with Gasteiger partial charge in [0.1, 0.15) is 6.04 Å². The van der Waals surface area contributed by atoms with E-state index >= 15 is 0 Å². The molecule has 0 bridgehead atoms. The van der Waals surface area contributed by atoms with Crippen molar-refractivity contribution in [2.45, 2.75) is 33.7 Å². The molecular weight excluding hydrogens is 328 g/mol. The van der Waals surface area contributed by atoms with E-state index in [9.17, 15) is 19.5 Å². The van der Waals surface area contributed by atoms with Crippen LogP contribution >= 0.6 is 0 Å². The zero-order valence-corrected chi connectivity index (χ0v) is 15.2. The predicted octanol–water partition coefficient (Wildman–Crippen LogP) is 1.89. The Morgan fingerprint density at radius 1 is 1.12 bits per heavy atom. The lowest BCUT2D eigenvalue weighted by atomic mass is 9.95. The minimum Gasteiger partial charge on any atom is -0.493 e. The van der Waals surface area contributed by atoms with Crippen molar-refractivity contribution < 1.29 is 29.0 Å². The van der Waals surface area contributed by atoms with E-state index in [1.807, 2.05) is 0 Å². The molecule has 1 aromatic carbocycles. The number of anilines is 1. The molecule has 0 radical (unpaired) electrons. The number of methoxy groups -OCH3 is 2. The number of benzene rings is 1. The Hall–Kier alpha value is -2.77.